The standard InChI is InChI=1S/C9H14N2.ClH/c1-3-8(10)9-7(2)5-4-6-11-9;/h4-6,8H,3,10H2,1-2H3;1H/t8-;/m0./s1. The Morgan fingerprint density at radius 2 is 2.25 bits per heavy atom. The Hall–Kier alpha value is -0.600. The Balaban J connectivity index is 0.00000121. The van der Waals surface area contributed by atoms with Crippen molar-refractivity contribution < 1.29 is 0 Å². The van der Waals surface area contributed by atoms with Gasteiger partial charge < -0.3 is 5.73 Å². The van der Waals surface area contributed by atoms with Gasteiger partial charge in [0.1, 0.15) is 0 Å². The highest BCUT2D eigenvalue weighted by Crippen LogP contribution is 2.13. The van der Waals surface area contributed by atoms with Gasteiger partial charge in [-0.2, -0.15) is 0 Å². The Labute approximate surface area is 79.6 Å². The van der Waals surface area contributed by atoms with Gasteiger partial charge in [0, 0.05) is 12.2 Å². The van der Waals surface area contributed by atoms with Crippen molar-refractivity contribution in [1.82, 2.24) is 4.98 Å². The van der Waals surface area contributed by atoms with Crippen molar-refractivity contribution in [2.75, 3.05) is 0 Å². The second-order valence-corrected chi connectivity index (χ2v) is 2.72. The molecule has 1 aromatic rings. The van der Waals surface area contributed by atoms with E-state index >= 15 is 0 Å². The van der Waals surface area contributed by atoms with Crippen LogP contribution < -0.4 is 5.73 Å². The highest BCUT2D eigenvalue weighted by atomic mass is 35.5. The van der Waals surface area contributed by atoms with Crippen molar-refractivity contribution in [2.45, 2.75) is 26.3 Å². The molecule has 0 bridgehead atoms. The van der Waals surface area contributed by atoms with Crippen LogP contribution in [0, 0.1) is 6.92 Å². The zero-order valence-electron chi connectivity index (χ0n) is 7.45. The van der Waals surface area contributed by atoms with Gasteiger partial charge >= 0.3 is 0 Å². The van der Waals surface area contributed by atoms with Crippen LogP contribution in [0.2, 0.25) is 0 Å². The second kappa shape index (κ2) is 5.12. The third kappa shape index (κ3) is 2.47. The maximum absolute atomic E-state index is 5.83. The molecule has 1 atom stereocenters. The molecule has 0 saturated heterocycles. The van der Waals surface area contributed by atoms with Crippen LogP contribution in [0.25, 0.3) is 0 Å². The molecule has 0 aliphatic heterocycles. The number of pyridine rings is 1. The molecule has 0 aliphatic carbocycles. The van der Waals surface area contributed by atoms with E-state index in [1.165, 1.54) is 5.56 Å². The molecule has 12 heavy (non-hydrogen) atoms. The number of aromatic nitrogens is 1. The Bertz CT molecular complexity index is 238. The maximum Gasteiger partial charge on any atom is 0.0599 e. The lowest BCUT2D eigenvalue weighted by Gasteiger charge is -2.09. The Morgan fingerprint density at radius 3 is 2.75 bits per heavy atom. The number of nitrogens with two attached hydrogens (primary N) is 1. The molecular formula is C9H15ClN2. The zero-order valence-corrected chi connectivity index (χ0v) is 8.27. The van der Waals surface area contributed by atoms with E-state index in [0.717, 1.165) is 12.1 Å². The van der Waals surface area contributed by atoms with E-state index in [-0.39, 0.29) is 18.4 Å². The van der Waals surface area contributed by atoms with E-state index in [0.29, 0.717) is 0 Å². The van der Waals surface area contributed by atoms with Crippen molar-refractivity contribution in [2.24, 2.45) is 5.73 Å². The molecule has 0 fully saturated rings. The molecule has 0 unspecified atom stereocenters. The molecule has 2 nitrogen and oxygen atoms in total. The smallest absolute Gasteiger partial charge is 0.0599 e. The van der Waals surface area contributed by atoms with Gasteiger partial charge in [-0.05, 0) is 25.0 Å². The topological polar surface area (TPSA) is 38.9 Å². The van der Waals surface area contributed by atoms with E-state index in [1.54, 1.807) is 6.20 Å². The Morgan fingerprint density at radius 1 is 1.58 bits per heavy atom. The van der Waals surface area contributed by atoms with Crippen molar-refractivity contribution in [3.63, 3.8) is 0 Å². The van der Waals surface area contributed by atoms with Crippen LogP contribution in [0.5, 0.6) is 0 Å². The summed E-state index contributed by atoms with van der Waals surface area (Å²) in [5.74, 6) is 0. The average molecular weight is 187 g/mol. The largest absolute Gasteiger partial charge is 0.323 e. The molecule has 1 rings (SSSR count). The maximum atomic E-state index is 5.83. The highest BCUT2D eigenvalue weighted by Gasteiger charge is 2.05. The van der Waals surface area contributed by atoms with Gasteiger partial charge in [0.25, 0.3) is 0 Å². The molecule has 1 aromatic heterocycles. The van der Waals surface area contributed by atoms with E-state index in [4.69, 9.17) is 5.73 Å². The summed E-state index contributed by atoms with van der Waals surface area (Å²) in [4.78, 5) is 4.22. The number of hydrogen-bond acceptors (Lipinski definition) is 2. The summed E-state index contributed by atoms with van der Waals surface area (Å²) >= 11 is 0. The van der Waals surface area contributed by atoms with Crippen LogP contribution >= 0.6 is 12.4 Å². The van der Waals surface area contributed by atoms with E-state index < -0.39 is 0 Å². The molecule has 1 heterocycles. The van der Waals surface area contributed by atoms with Gasteiger partial charge in [-0.15, -0.1) is 12.4 Å². The summed E-state index contributed by atoms with van der Waals surface area (Å²) in [6.07, 6.45) is 2.73. The fourth-order valence-corrected chi connectivity index (χ4v) is 1.08. The summed E-state index contributed by atoms with van der Waals surface area (Å²) in [6.45, 7) is 4.11. The third-order valence-electron chi connectivity index (χ3n) is 1.84. The predicted molar refractivity (Wildman–Crippen MR) is 53.4 cm³/mol. The second-order valence-electron chi connectivity index (χ2n) is 2.72. The first kappa shape index (κ1) is 11.4. The zero-order chi connectivity index (χ0) is 8.27. The first-order valence-corrected chi connectivity index (χ1v) is 3.92. The minimum atomic E-state index is 0. The van der Waals surface area contributed by atoms with Crippen LogP contribution in [0.1, 0.15) is 30.6 Å². The molecule has 0 amide bonds. The number of halogens is 1. The normalized spacial score (nSPS) is 11.9. The first-order valence-electron chi connectivity index (χ1n) is 3.92. The molecule has 0 saturated carbocycles. The molecule has 0 radical (unpaired) electrons. The summed E-state index contributed by atoms with van der Waals surface area (Å²) in [7, 11) is 0. The number of aryl methyl sites for hydroxylation is 1. The third-order valence-corrected chi connectivity index (χ3v) is 1.84. The molecule has 2 N–H and O–H groups in total. The van der Waals surface area contributed by atoms with E-state index in [1.807, 2.05) is 19.1 Å². The van der Waals surface area contributed by atoms with E-state index in [9.17, 15) is 0 Å². The quantitative estimate of drug-likeness (QED) is 0.770. The van der Waals surface area contributed by atoms with Crippen LogP contribution in [0.3, 0.4) is 0 Å². The lowest BCUT2D eigenvalue weighted by atomic mass is 10.1. The fourth-order valence-electron chi connectivity index (χ4n) is 1.08. The molecular weight excluding hydrogens is 172 g/mol. The molecule has 68 valence electrons. The first-order chi connectivity index (χ1) is 5.25. The van der Waals surface area contributed by atoms with Crippen molar-refractivity contribution in [3.05, 3.63) is 29.6 Å². The summed E-state index contributed by atoms with van der Waals surface area (Å²) in [5.41, 5.74) is 8.04. The predicted octanol–water partition coefficient (Wildman–Crippen LogP) is 2.22. The lowest BCUT2D eigenvalue weighted by molar-refractivity contribution is 0.670. The fraction of sp³-hybridized carbons (Fsp3) is 0.444. The van der Waals surface area contributed by atoms with Gasteiger partial charge in [0.05, 0.1) is 5.69 Å². The summed E-state index contributed by atoms with van der Waals surface area (Å²) in [5, 5.41) is 0. The van der Waals surface area contributed by atoms with Crippen molar-refractivity contribution in [1.29, 1.82) is 0 Å². The van der Waals surface area contributed by atoms with Crippen LogP contribution in [0.15, 0.2) is 18.3 Å². The van der Waals surface area contributed by atoms with Crippen LogP contribution in [-0.4, -0.2) is 4.98 Å². The number of hydrogen-bond donors (Lipinski definition) is 1. The number of nitrogens with zero attached hydrogens (tertiary/aromatic N) is 1. The van der Waals surface area contributed by atoms with Gasteiger partial charge in [-0.3, -0.25) is 4.98 Å². The molecule has 3 heteroatoms. The highest BCUT2D eigenvalue weighted by molar-refractivity contribution is 5.85. The van der Waals surface area contributed by atoms with Gasteiger partial charge in [-0.1, -0.05) is 13.0 Å². The van der Waals surface area contributed by atoms with Crippen LogP contribution in [-0.2, 0) is 0 Å². The van der Waals surface area contributed by atoms with Gasteiger partial charge in [0.15, 0.2) is 0 Å². The van der Waals surface area contributed by atoms with Crippen LogP contribution in [0.4, 0.5) is 0 Å². The van der Waals surface area contributed by atoms with Gasteiger partial charge in [0.2, 0.25) is 0 Å². The molecule has 0 aromatic carbocycles. The summed E-state index contributed by atoms with van der Waals surface area (Å²) in [6, 6.07) is 4.06. The van der Waals surface area contributed by atoms with Gasteiger partial charge in [-0.25, -0.2) is 0 Å². The number of rotatable bonds is 2. The minimum absolute atomic E-state index is 0. The van der Waals surface area contributed by atoms with Crippen molar-refractivity contribution in [3.8, 4) is 0 Å². The summed E-state index contributed by atoms with van der Waals surface area (Å²) < 4.78 is 0. The lowest BCUT2D eigenvalue weighted by Crippen LogP contribution is -2.11. The average Bonchev–Trinajstić information content (AvgIpc) is 2.04. The molecule has 0 aliphatic rings. The Kier molecular flexibility index (Phi) is 4.86. The minimum Gasteiger partial charge on any atom is -0.323 e. The SMILES string of the molecule is CC[C@H](N)c1ncccc1C.Cl. The monoisotopic (exact) mass is 186 g/mol. The molecule has 0 spiro atoms. The van der Waals surface area contributed by atoms with Crippen molar-refractivity contribution >= 4 is 12.4 Å². The van der Waals surface area contributed by atoms with E-state index in [2.05, 4.69) is 11.9 Å².